The fourth-order valence-corrected chi connectivity index (χ4v) is 10.3. The number of rotatable bonds is 9. The first-order chi connectivity index (χ1) is 20.4. The standard InChI is InChI=1S/C31H39N4O7S.ClH/c1-19-23(29(31(39)40)33-28(19)26(20(2)37)30(33)38)17-32-24-6-3-5-22-21(7-8-25(27(22)24)43(32,41)42)18-35-13-10-34(11-14-35,12-15-35)9-4-16-36;/h3,5-8,19-20,26,28,36-37H,4,9-18H2,1-2H3;1H/q+1;/p-1/t19-,20+,26+,28+,34?,35?;/m0./s1. The number of carbonyl (C=O) groups is 2. The average molecular weight is 647 g/mol. The number of hydrogen-bond donors (Lipinski definition) is 2. The van der Waals surface area contributed by atoms with E-state index in [1.54, 1.807) is 19.1 Å². The van der Waals surface area contributed by atoms with E-state index in [1.165, 1.54) is 16.1 Å². The van der Waals surface area contributed by atoms with Crippen LogP contribution in [0.25, 0.3) is 10.8 Å². The lowest BCUT2D eigenvalue weighted by Gasteiger charge is -2.55. The fourth-order valence-electron chi connectivity index (χ4n) is 8.68. The molecular formula is C31H39ClN4O7S. The number of amides is 1. The number of β-lactam (4-membered cyclic amide) rings is 1. The number of anilines is 1. The second kappa shape index (κ2) is 10.7. The van der Waals surface area contributed by atoms with E-state index in [-0.39, 0.29) is 36.2 Å². The number of benzene rings is 2. The Morgan fingerprint density at radius 1 is 1.09 bits per heavy atom. The molecule has 2 N–H and O–H groups in total. The van der Waals surface area contributed by atoms with Crippen LogP contribution in [0.4, 0.5) is 5.69 Å². The van der Waals surface area contributed by atoms with Gasteiger partial charge < -0.3 is 46.4 Å². The van der Waals surface area contributed by atoms with E-state index in [0.717, 1.165) is 78.7 Å². The van der Waals surface area contributed by atoms with E-state index in [2.05, 4.69) is 0 Å². The summed E-state index contributed by atoms with van der Waals surface area (Å²) in [5.41, 5.74) is 1.65. The molecular weight excluding hydrogens is 608 g/mol. The summed E-state index contributed by atoms with van der Waals surface area (Å²) in [7, 11) is -3.99. The second-order valence-corrected chi connectivity index (χ2v) is 15.2. The van der Waals surface area contributed by atoms with Crippen molar-refractivity contribution in [2.45, 2.75) is 43.9 Å². The number of quaternary nitrogens is 2. The molecule has 2 bridgehead atoms. The van der Waals surface area contributed by atoms with Crippen molar-refractivity contribution in [2.75, 3.05) is 63.3 Å². The Balaban J connectivity index is 0.00000343. The molecule has 4 atom stereocenters. The zero-order chi connectivity index (χ0) is 30.5. The molecule has 6 heterocycles. The number of aliphatic hydroxyl groups is 2. The molecule has 0 saturated carbocycles. The number of carboxylic acid groups (broad SMARTS) is 1. The number of aliphatic hydroxyl groups excluding tert-OH is 2. The van der Waals surface area contributed by atoms with Crippen LogP contribution in [-0.2, 0) is 26.2 Å². The molecule has 4 fully saturated rings. The molecule has 11 nitrogen and oxygen atoms in total. The molecule has 0 spiro atoms. The van der Waals surface area contributed by atoms with E-state index < -0.39 is 45.9 Å². The molecule has 2 aromatic rings. The molecule has 0 aliphatic carbocycles. The Morgan fingerprint density at radius 2 is 1.75 bits per heavy atom. The molecule has 6 aliphatic heterocycles. The SMILES string of the molecule is C[C@@H](O)[C@H]1C(=O)N2C(C(=O)[O-])=C(CN3c4cccc5c(C[N+]67CC[N+](CCCO)(CC6)CC7)ccc(c45)S3(=O)=O)[C@H](C)[C@H]12.[Cl-]. The Hall–Kier alpha value is -2.74. The summed E-state index contributed by atoms with van der Waals surface area (Å²) < 4.78 is 31.3. The predicted molar refractivity (Wildman–Crippen MR) is 155 cm³/mol. The third-order valence-electron chi connectivity index (χ3n) is 11.2. The van der Waals surface area contributed by atoms with Crippen LogP contribution >= 0.6 is 0 Å². The highest BCUT2D eigenvalue weighted by Crippen LogP contribution is 2.50. The van der Waals surface area contributed by atoms with Gasteiger partial charge in [-0.25, -0.2) is 8.42 Å². The number of aliphatic carboxylic acids is 1. The first kappa shape index (κ1) is 31.3. The van der Waals surface area contributed by atoms with Gasteiger partial charge in [0, 0.05) is 29.9 Å². The molecule has 0 radical (unpaired) electrons. The highest BCUT2D eigenvalue weighted by Gasteiger charge is 2.59. The minimum absolute atomic E-state index is 0. The normalized spacial score (nSPS) is 32.1. The van der Waals surface area contributed by atoms with E-state index in [0.29, 0.717) is 16.6 Å². The van der Waals surface area contributed by atoms with Crippen molar-refractivity contribution in [3.63, 3.8) is 0 Å². The van der Waals surface area contributed by atoms with E-state index in [9.17, 15) is 33.3 Å². The summed E-state index contributed by atoms with van der Waals surface area (Å²) in [5, 5.41) is 33.4. The van der Waals surface area contributed by atoms with Crippen LogP contribution in [-0.4, -0.2) is 115 Å². The lowest BCUT2D eigenvalue weighted by atomic mass is 9.78. The van der Waals surface area contributed by atoms with Gasteiger partial charge in [-0.2, -0.15) is 0 Å². The molecule has 0 aromatic heterocycles. The van der Waals surface area contributed by atoms with Gasteiger partial charge in [0.15, 0.2) is 0 Å². The molecule has 2 aromatic carbocycles. The van der Waals surface area contributed by atoms with Crippen LogP contribution in [0.3, 0.4) is 0 Å². The Labute approximate surface area is 263 Å². The third-order valence-corrected chi connectivity index (χ3v) is 13.0. The maximum Gasteiger partial charge on any atom is 0.265 e. The molecule has 238 valence electrons. The van der Waals surface area contributed by atoms with E-state index >= 15 is 0 Å². The zero-order valence-corrected chi connectivity index (χ0v) is 26.6. The van der Waals surface area contributed by atoms with Crippen molar-refractivity contribution in [3.8, 4) is 0 Å². The predicted octanol–water partition coefficient (Wildman–Crippen LogP) is -3.24. The van der Waals surface area contributed by atoms with Gasteiger partial charge in [0.05, 0.1) is 53.4 Å². The van der Waals surface area contributed by atoms with E-state index in [4.69, 9.17) is 0 Å². The summed E-state index contributed by atoms with van der Waals surface area (Å²) in [6.45, 7) is 11.6. The number of piperazine rings is 3. The minimum atomic E-state index is -3.99. The highest BCUT2D eigenvalue weighted by molar-refractivity contribution is 7.93. The average Bonchev–Trinajstić information content (AvgIpc) is 3.35. The Morgan fingerprint density at radius 3 is 2.36 bits per heavy atom. The van der Waals surface area contributed by atoms with Gasteiger partial charge in [-0.15, -0.1) is 0 Å². The molecule has 44 heavy (non-hydrogen) atoms. The Kier molecular flexibility index (Phi) is 7.58. The third kappa shape index (κ3) is 4.33. The largest absolute Gasteiger partial charge is 1.00 e. The number of sulfonamides is 1. The molecule has 0 unspecified atom stereocenters. The summed E-state index contributed by atoms with van der Waals surface area (Å²) in [4.78, 5) is 26.5. The number of carboxylic acids is 1. The molecule has 6 aliphatic rings. The van der Waals surface area contributed by atoms with Crippen LogP contribution in [0, 0.1) is 11.8 Å². The van der Waals surface area contributed by atoms with Crippen LogP contribution in [0.2, 0.25) is 0 Å². The number of nitrogens with zero attached hydrogens (tertiary/aromatic N) is 4. The molecule has 4 saturated heterocycles. The molecule has 8 rings (SSSR count). The van der Waals surface area contributed by atoms with Gasteiger partial charge in [-0.1, -0.05) is 25.1 Å². The van der Waals surface area contributed by atoms with Crippen molar-refractivity contribution >= 4 is 38.4 Å². The lowest BCUT2D eigenvalue weighted by molar-refractivity contribution is -1.09. The summed E-state index contributed by atoms with van der Waals surface area (Å²) in [5.74, 6) is -3.20. The summed E-state index contributed by atoms with van der Waals surface area (Å²) in [6.07, 6.45) is -0.122. The van der Waals surface area contributed by atoms with Gasteiger partial charge in [-0.3, -0.25) is 9.10 Å². The zero-order valence-electron chi connectivity index (χ0n) is 25.0. The lowest BCUT2D eigenvalue weighted by Crippen LogP contribution is -3.00. The van der Waals surface area contributed by atoms with Crippen LogP contribution in [0.15, 0.2) is 46.5 Å². The van der Waals surface area contributed by atoms with Gasteiger partial charge >= 0.3 is 0 Å². The van der Waals surface area contributed by atoms with Crippen LogP contribution in [0.5, 0.6) is 0 Å². The van der Waals surface area contributed by atoms with Gasteiger partial charge in [-0.05, 0) is 30.0 Å². The maximum absolute atomic E-state index is 14.0. The number of carbonyl (C=O) groups excluding carboxylic acids is 2. The minimum Gasteiger partial charge on any atom is -1.00 e. The second-order valence-electron chi connectivity index (χ2n) is 13.3. The van der Waals surface area contributed by atoms with Gasteiger partial charge in [0.2, 0.25) is 5.91 Å². The quantitative estimate of drug-likeness (QED) is 0.216. The van der Waals surface area contributed by atoms with Crippen molar-refractivity contribution in [2.24, 2.45) is 11.8 Å². The van der Waals surface area contributed by atoms with Crippen LogP contribution < -0.4 is 21.8 Å². The van der Waals surface area contributed by atoms with Crippen molar-refractivity contribution in [1.29, 1.82) is 0 Å². The summed E-state index contributed by atoms with van der Waals surface area (Å²) >= 11 is 0. The number of fused-ring (bicyclic) bond motifs is 4. The topological polar surface area (TPSA) is 138 Å². The first-order valence-electron chi connectivity index (χ1n) is 15.3. The molecule has 1 amide bonds. The fraction of sp³-hybridized carbons (Fsp3) is 0.548. The van der Waals surface area contributed by atoms with Crippen molar-refractivity contribution < 1.29 is 54.7 Å². The van der Waals surface area contributed by atoms with Gasteiger partial charge in [0.25, 0.3) is 10.0 Å². The first-order valence-corrected chi connectivity index (χ1v) is 16.7. The highest BCUT2D eigenvalue weighted by atomic mass is 35.5. The maximum atomic E-state index is 14.0. The monoisotopic (exact) mass is 646 g/mol. The number of hydrogen-bond acceptors (Lipinski definition) is 7. The van der Waals surface area contributed by atoms with Crippen molar-refractivity contribution in [1.82, 2.24) is 4.90 Å². The van der Waals surface area contributed by atoms with Crippen molar-refractivity contribution in [3.05, 3.63) is 47.2 Å². The van der Waals surface area contributed by atoms with E-state index in [1.807, 2.05) is 18.2 Å². The van der Waals surface area contributed by atoms with Crippen LogP contribution in [0.1, 0.15) is 25.8 Å². The number of halogens is 1. The summed E-state index contributed by atoms with van der Waals surface area (Å²) in [6, 6.07) is 8.68. The van der Waals surface area contributed by atoms with Gasteiger partial charge in [0.1, 0.15) is 45.8 Å². The Bertz CT molecular complexity index is 1670. The molecule has 13 heteroatoms. The smallest absolute Gasteiger partial charge is 0.265 e.